The second-order valence-corrected chi connectivity index (χ2v) is 7.85. The summed E-state index contributed by atoms with van der Waals surface area (Å²) in [6.45, 7) is -0.137. The first kappa shape index (κ1) is 15.7. The topological polar surface area (TPSA) is 161 Å². The number of benzene rings is 1. The quantitative estimate of drug-likeness (QED) is 0.467. The van der Waals surface area contributed by atoms with Crippen LogP contribution in [0.4, 0.5) is 11.4 Å². The monoisotopic (exact) mass is 335 g/mol. The summed E-state index contributed by atoms with van der Waals surface area (Å²) >= 11 is 0. The van der Waals surface area contributed by atoms with E-state index in [1.807, 2.05) is 0 Å². The van der Waals surface area contributed by atoms with Gasteiger partial charge in [-0.3, -0.25) is 9.35 Å². The number of hydrogen-bond acceptors (Lipinski definition) is 6. The molecule has 1 aliphatic heterocycles. The molecule has 1 amide bonds. The molecule has 1 aliphatic rings. The fraction of sp³-hybridized carbons (Fsp3) is 0.300. The van der Waals surface area contributed by atoms with Crippen LogP contribution in [0.2, 0.25) is 0 Å². The fourth-order valence-corrected chi connectivity index (χ4v) is 3.41. The van der Waals surface area contributed by atoms with Crippen molar-refractivity contribution < 1.29 is 26.2 Å². The van der Waals surface area contributed by atoms with Gasteiger partial charge in [-0.05, 0) is 18.2 Å². The summed E-state index contributed by atoms with van der Waals surface area (Å²) in [4.78, 5) is 12.5. The fourth-order valence-electron chi connectivity index (χ4n) is 2.08. The van der Waals surface area contributed by atoms with Crippen LogP contribution >= 0.6 is 0 Å². The van der Waals surface area contributed by atoms with Crippen molar-refractivity contribution in [2.45, 2.75) is 16.6 Å². The highest BCUT2D eigenvalue weighted by molar-refractivity contribution is 7.89. The molecule has 21 heavy (non-hydrogen) atoms. The molecule has 116 valence electrons. The summed E-state index contributed by atoms with van der Waals surface area (Å²) in [5.41, 5.74) is 5.51. The lowest BCUT2D eigenvalue weighted by Gasteiger charge is -2.17. The van der Waals surface area contributed by atoms with Gasteiger partial charge in [-0.25, -0.2) is 13.6 Å². The third-order valence-corrected chi connectivity index (χ3v) is 5.31. The third-order valence-electron chi connectivity index (χ3n) is 3.14. The van der Waals surface area contributed by atoms with Gasteiger partial charge in [0, 0.05) is 18.7 Å². The predicted molar refractivity (Wildman–Crippen MR) is 74.5 cm³/mol. The van der Waals surface area contributed by atoms with Gasteiger partial charge in [0.15, 0.2) is 0 Å². The third kappa shape index (κ3) is 3.15. The number of nitrogen functional groups attached to an aromatic ring is 1. The van der Waals surface area contributed by atoms with Crippen molar-refractivity contribution >= 4 is 37.4 Å². The average molecular weight is 335 g/mol. The number of amides is 1. The van der Waals surface area contributed by atoms with Crippen molar-refractivity contribution in [1.82, 2.24) is 0 Å². The summed E-state index contributed by atoms with van der Waals surface area (Å²) in [7, 11) is -8.31. The molecule has 1 aromatic carbocycles. The van der Waals surface area contributed by atoms with Crippen molar-refractivity contribution in [3.05, 3.63) is 18.2 Å². The SMILES string of the molecule is Nc1cc(N2CC(S(N)(=O)=O)CC2=O)ccc1S(=O)(=O)O. The maximum Gasteiger partial charge on any atom is 0.296 e. The second-order valence-electron chi connectivity index (χ2n) is 4.62. The minimum Gasteiger partial charge on any atom is -0.398 e. The predicted octanol–water partition coefficient (Wildman–Crippen LogP) is -1.09. The number of sulfonamides is 1. The van der Waals surface area contributed by atoms with Gasteiger partial charge in [-0.15, -0.1) is 0 Å². The smallest absolute Gasteiger partial charge is 0.296 e. The largest absolute Gasteiger partial charge is 0.398 e. The van der Waals surface area contributed by atoms with Crippen LogP contribution in [0.5, 0.6) is 0 Å². The van der Waals surface area contributed by atoms with E-state index in [4.69, 9.17) is 15.4 Å². The number of primary sulfonamides is 1. The molecule has 1 heterocycles. The highest BCUT2D eigenvalue weighted by Gasteiger charge is 2.37. The molecular formula is C10H13N3O6S2. The van der Waals surface area contributed by atoms with E-state index in [9.17, 15) is 21.6 Å². The number of hydrogen-bond donors (Lipinski definition) is 3. The van der Waals surface area contributed by atoms with E-state index in [1.165, 1.54) is 12.1 Å². The molecular weight excluding hydrogens is 322 g/mol. The lowest BCUT2D eigenvalue weighted by molar-refractivity contribution is -0.117. The van der Waals surface area contributed by atoms with Gasteiger partial charge in [-0.1, -0.05) is 0 Å². The molecule has 5 N–H and O–H groups in total. The molecule has 1 aromatic rings. The molecule has 9 nitrogen and oxygen atoms in total. The lowest BCUT2D eigenvalue weighted by atomic mass is 10.2. The standard InChI is InChI=1S/C10H13N3O6S2/c11-8-3-6(1-2-9(8)21(17,18)19)13-5-7(4-10(13)14)20(12,15)16/h1-3,7H,4-5,11H2,(H2,12,15,16)(H,17,18,19). The Bertz CT molecular complexity index is 802. The zero-order valence-electron chi connectivity index (χ0n) is 10.6. The molecule has 11 heteroatoms. The first-order valence-electron chi connectivity index (χ1n) is 5.69. The minimum atomic E-state index is -4.47. The van der Waals surface area contributed by atoms with E-state index in [1.54, 1.807) is 0 Å². The van der Waals surface area contributed by atoms with Crippen LogP contribution in [0.1, 0.15) is 6.42 Å². The summed E-state index contributed by atoms with van der Waals surface area (Å²) in [6.07, 6.45) is -0.251. The molecule has 1 saturated heterocycles. The van der Waals surface area contributed by atoms with Crippen LogP contribution in [-0.2, 0) is 24.9 Å². The minimum absolute atomic E-state index is 0.137. The Labute approximate surface area is 121 Å². The first-order chi connectivity index (χ1) is 9.50. The Kier molecular flexibility index (Phi) is 3.70. The van der Waals surface area contributed by atoms with E-state index in [2.05, 4.69) is 0 Å². The van der Waals surface area contributed by atoms with Crippen LogP contribution in [0.25, 0.3) is 0 Å². The Hall–Kier alpha value is -1.69. The Morgan fingerprint density at radius 3 is 2.29 bits per heavy atom. The van der Waals surface area contributed by atoms with Crippen LogP contribution < -0.4 is 15.8 Å². The van der Waals surface area contributed by atoms with E-state index < -0.39 is 36.2 Å². The summed E-state index contributed by atoms with van der Waals surface area (Å²) < 4.78 is 53.5. The second kappa shape index (κ2) is 4.94. The Morgan fingerprint density at radius 1 is 1.24 bits per heavy atom. The maximum atomic E-state index is 11.8. The molecule has 1 unspecified atom stereocenters. The van der Waals surface area contributed by atoms with Crippen LogP contribution in [-0.4, -0.2) is 39.1 Å². The van der Waals surface area contributed by atoms with Crippen molar-refractivity contribution in [3.8, 4) is 0 Å². The Morgan fingerprint density at radius 2 is 1.86 bits per heavy atom. The molecule has 0 spiro atoms. The summed E-state index contributed by atoms with van der Waals surface area (Å²) in [5, 5.41) is 3.99. The number of nitrogens with zero attached hydrogens (tertiary/aromatic N) is 1. The van der Waals surface area contributed by atoms with Gasteiger partial charge < -0.3 is 10.6 Å². The van der Waals surface area contributed by atoms with Gasteiger partial charge in [0.05, 0.1) is 5.69 Å². The lowest BCUT2D eigenvalue weighted by Crippen LogP contribution is -2.32. The van der Waals surface area contributed by atoms with E-state index in [0.717, 1.165) is 11.0 Å². The number of carbonyl (C=O) groups is 1. The zero-order valence-corrected chi connectivity index (χ0v) is 12.3. The van der Waals surface area contributed by atoms with Gasteiger partial charge in [0.25, 0.3) is 10.1 Å². The van der Waals surface area contributed by atoms with E-state index in [0.29, 0.717) is 0 Å². The molecule has 1 atom stereocenters. The van der Waals surface area contributed by atoms with Crippen LogP contribution in [0.15, 0.2) is 23.1 Å². The molecule has 0 saturated carbocycles. The summed E-state index contributed by atoms with van der Waals surface area (Å²) in [6, 6.07) is 3.47. The molecule has 2 rings (SSSR count). The maximum absolute atomic E-state index is 11.8. The zero-order chi connectivity index (χ0) is 16.0. The van der Waals surface area contributed by atoms with Gasteiger partial charge in [0.1, 0.15) is 10.1 Å². The van der Waals surface area contributed by atoms with E-state index in [-0.39, 0.29) is 24.3 Å². The number of nitrogens with two attached hydrogens (primary N) is 2. The molecule has 0 aliphatic carbocycles. The highest BCUT2D eigenvalue weighted by Crippen LogP contribution is 2.29. The van der Waals surface area contributed by atoms with Crippen LogP contribution in [0.3, 0.4) is 0 Å². The van der Waals surface area contributed by atoms with Crippen molar-refractivity contribution in [2.24, 2.45) is 5.14 Å². The summed E-state index contributed by atoms with van der Waals surface area (Å²) in [5.74, 6) is -0.465. The average Bonchev–Trinajstić information content (AvgIpc) is 2.69. The van der Waals surface area contributed by atoms with Gasteiger partial charge in [0.2, 0.25) is 15.9 Å². The van der Waals surface area contributed by atoms with Gasteiger partial charge >= 0.3 is 0 Å². The molecule has 0 radical (unpaired) electrons. The molecule has 0 aromatic heterocycles. The number of anilines is 2. The van der Waals surface area contributed by atoms with Crippen molar-refractivity contribution in [2.75, 3.05) is 17.2 Å². The van der Waals surface area contributed by atoms with Gasteiger partial charge in [-0.2, -0.15) is 8.42 Å². The number of rotatable bonds is 3. The molecule has 0 bridgehead atoms. The van der Waals surface area contributed by atoms with E-state index >= 15 is 0 Å². The van der Waals surface area contributed by atoms with Crippen LogP contribution in [0, 0.1) is 0 Å². The normalized spacial score (nSPS) is 20.0. The Balaban J connectivity index is 2.36. The first-order valence-corrected chi connectivity index (χ1v) is 8.74. The highest BCUT2D eigenvalue weighted by atomic mass is 32.2. The van der Waals surface area contributed by atoms with Crippen molar-refractivity contribution in [1.29, 1.82) is 0 Å². The molecule has 1 fully saturated rings. The van der Waals surface area contributed by atoms with Crippen molar-refractivity contribution in [3.63, 3.8) is 0 Å². The number of carbonyl (C=O) groups excluding carboxylic acids is 1.